The van der Waals surface area contributed by atoms with Gasteiger partial charge >= 0.3 is 0 Å². The molecule has 1 atom stereocenters. The number of rotatable bonds is 3. The lowest BCUT2D eigenvalue weighted by Gasteiger charge is -2.30. The molecule has 1 aromatic rings. The molecule has 0 aliphatic carbocycles. The number of hydrogen-bond donors (Lipinski definition) is 0. The van der Waals surface area contributed by atoms with E-state index >= 15 is 0 Å². The first-order chi connectivity index (χ1) is 10.6. The van der Waals surface area contributed by atoms with Crippen LogP contribution in [-0.2, 0) is 16.1 Å². The van der Waals surface area contributed by atoms with Crippen molar-refractivity contribution in [3.05, 3.63) is 29.8 Å². The Bertz CT molecular complexity index is 531. The Morgan fingerprint density at radius 2 is 2.05 bits per heavy atom. The Morgan fingerprint density at radius 3 is 2.68 bits per heavy atom. The third-order valence-electron chi connectivity index (χ3n) is 4.61. The van der Waals surface area contributed by atoms with Crippen LogP contribution in [0.3, 0.4) is 0 Å². The van der Waals surface area contributed by atoms with Gasteiger partial charge in [-0.25, -0.2) is 0 Å². The van der Waals surface area contributed by atoms with Crippen LogP contribution in [0.2, 0.25) is 0 Å². The smallest absolute Gasteiger partial charge is 0.223 e. The number of carbonyl (C=O) groups excluding carboxylic acids is 1. The van der Waals surface area contributed by atoms with Crippen LogP contribution in [0.15, 0.2) is 24.3 Å². The molecule has 0 bridgehead atoms. The van der Waals surface area contributed by atoms with Crippen molar-refractivity contribution >= 4 is 5.91 Å². The minimum atomic E-state index is -0.0468. The normalized spacial score (nSPS) is 26.5. The Balaban J connectivity index is 1.69. The third-order valence-corrected chi connectivity index (χ3v) is 4.61. The van der Waals surface area contributed by atoms with Crippen LogP contribution in [0.1, 0.15) is 12.0 Å². The van der Waals surface area contributed by atoms with Crippen LogP contribution in [0.25, 0.3) is 0 Å². The maximum atomic E-state index is 11.9. The fourth-order valence-electron chi connectivity index (χ4n) is 3.51. The summed E-state index contributed by atoms with van der Waals surface area (Å²) in [5, 5.41) is 0. The van der Waals surface area contributed by atoms with Gasteiger partial charge in [-0.15, -0.1) is 0 Å². The molecule has 5 heteroatoms. The van der Waals surface area contributed by atoms with Crippen LogP contribution >= 0.6 is 0 Å². The summed E-state index contributed by atoms with van der Waals surface area (Å²) in [7, 11) is 3.56. The van der Waals surface area contributed by atoms with E-state index in [1.165, 1.54) is 5.56 Å². The fraction of sp³-hybridized carbons (Fsp3) is 0.588. The highest BCUT2D eigenvalue weighted by molar-refractivity contribution is 5.79. The lowest BCUT2D eigenvalue weighted by Crippen LogP contribution is -2.40. The number of ether oxygens (including phenoxy) is 2. The van der Waals surface area contributed by atoms with E-state index in [1.54, 1.807) is 7.11 Å². The van der Waals surface area contributed by atoms with Gasteiger partial charge in [-0.3, -0.25) is 9.69 Å². The summed E-state index contributed by atoms with van der Waals surface area (Å²) in [6, 6.07) is 8.19. The zero-order chi connectivity index (χ0) is 15.6. The minimum Gasteiger partial charge on any atom is -0.497 e. The first-order valence-electron chi connectivity index (χ1n) is 7.77. The number of hydrogen-bond acceptors (Lipinski definition) is 4. The highest BCUT2D eigenvalue weighted by Crippen LogP contribution is 2.33. The van der Waals surface area contributed by atoms with Gasteiger partial charge in [-0.05, 0) is 17.7 Å². The zero-order valence-electron chi connectivity index (χ0n) is 13.4. The number of methoxy groups -OCH3 is 1. The Kier molecular flexibility index (Phi) is 4.36. The molecule has 1 unspecified atom stereocenters. The lowest BCUT2D eigenvalue weighted by molar-refractivity contribution is -0.126. The molecule has 120 valence electrons. The number of carbonyl (C=O) groups is 1. The molecule has 2 aliphatic rings. The van der Waals surface area contributed by atoms with Gasteiger partial charge in [-0.2, -0.15) is 0 Å². The SMILES string of the molecule is COc1ccc(CN2CCOCC3(CC(=O)N(C)C3)C2)cc1. The zero-order valence-corrected chi connectivity index (χ0v) is 13.4. The molecule has 1 amide bonds. The Morgan fingerprint density at radius 1 is 1.27 bits per heavy atom. The second-order valence-corrected chi connectivity index (χ2v) is 6.54. The van der Waals surface area contributed by atoms with E-state index in [9.17, 15) is 4.79 Å². The van der Waals surface area contributed by atoms with E-state index in [-0.39, 0.29) is 11.3 Å². The van der Waals surface area contributed by atoms with Gasteiger partial charge in [0.15, 0.2) is 0 Å². The standard InChI is InChI=1S/C17H24N2O3/c1-18-11-17(9-16(18)20)12-19(7-8-22-13-17)10-14-3-5-15(21-2)6-4-14/h3-6H,7-13H2,1-2H3. The first kappa shape index (κ1) is 15.3. The molecule has 1 spiro atoms. The quantitative estimate of drug-likeness (QED) is 0.846. The van der Waals surface area contributed by atoms with Gasteiger partial charge in [0.1, 0.15) is 5.75 Å². The number of amides is 1. The largest absolute Gasteiger partial charge is 0.497 e. The number of nitrogens with zero attached hydrogens (tertiary/aromatic N) is 2. The van der Waals surface area contributed by atoms with Gasteiger partial charge < -0.3 is 14.4 Å². The molecule has 5 nitrogen and oxygen atoms in total. The van der Waals surface area contributed by atoms with Crippen molar-refractivity contribution in [2.24, 2.45) is 5.41 Å². The molecule has 0 radical (unpaired) electrons. The van der Waals surface area contributed by atoms with Gasteiger partial charge in [0.2, 0.25) is 5.91 Å². The maximum absolute atomic E-state index is 11.9. The second-order valence-electron chi connectivity index (χ2n) is 6.54. The molecule has 2 heterocycles. The average Bonchev–Trinajstić information content (AvgIpc) is 2.67. The summed E-state index contributed by atoms with van der Waals surface area (Å²) in [5.74, 6) is 1.11. The van der Waals surface area contributed by atoms with Crippen LogP contribution in [-0.4, -0.2) is 62.7 Å². The van der Waals surface area contributed by atoms with E-state index in [4.69, 9.17) is 9.47 Å². The molecule has 22 heavy (non-hydrogen) atoms. The highest BCUT2D eigenvalue weighted by Gasteiger charge is 2.44. The van der Waals surface area contributed by atoms with Crippen molar-refractivity contribution in [2.75, 3.05) is 47.0 Å². The predicted octanol–water partition coefficient (Wildman–Crippen LogP) is 1.38. The molecule has 0 aromatic heterocycles. The minimum absolute atomic E-state index is 0.0468. The molecule has 2 aliphatic heterocycles. The van der Waals surface area contributed by atoms with Gasteiger partial charge in [-0.1, -0.05) is 12.1 Å². The topological polar surface area (TPSA) is 42.0 Å². The van der Waals surface area contributed by atoms with Crippen molar-refractivity contribution in [1.29, 1.82) is 0 Å². The summed E-state index contributed by atoms with van der Waals surface area (Å²) in [5.41, 5.74) is 1.21. The highest BCUT2D eigenvalue weighted by atomic mass is 16.5. The Labute approximate surface area is 131 Å². The summed E-state index contributed by atoms with van der Waals surface area (Å²) in [6.07, 6.45) is 0.600. The van der Waals surface area contributed by atoms with E-state index in [0.717, 1.165) is 38.5 Å². The van der Waals surface area contributed by atoms with E-state index in [2.05, 4.69) is 17.0 Å². The van der Waals surface area contributed by atoms with Gasteiger partial charge in [0.25, 0.3) is 0 Å². The summed E-state index contributed by atoms with van der Waals surface area (Å²) < 4.78 is 11.0. The summed E-state index contributed by atoms with van der Waals surface area (Å²) in [6.45, 7) is 4.91. The second kappa shape index (κ2) is 6.26. The molecule has 2 fully saturated rings. The van der Waals surface area contributed by atoms with Crippen molar-refractivity contribution in [3.63, 3.8) is 0 Å². The van der Waals surface area contributed by atoms with Crippen LogP contribution in [0.4, 0.5) is 0 Å². The average molecular weight is 304 g/mol. The maximum Gasteiger partial charge on any atom is 0.223 e. The van der Waals surface area contributed by atoms with Gasteiger partial charge in [0, 0.05) is 45.1 Å². The van der Waals surface area contributed by atoms with Crippen LogP contribution < -0.4 is 4.74 Å². The van der Waals surface area contributed by atoms with E-state index in [1.807, 2.05) is 24.1 Å². The number of benzene rings is 1. The van der Waals surface area contributed by atoms with E-state index in [0.29, 0.717) is 13.0 Å². The van der Waals surface area contributed by atoms with Crippen LogP contribution in [0.5, 0.6) is 5.75 Å². The van der Waals surface area contributed by atoms with Crippen molar-refractivity contribution < 1.29 is 14.3 Å². The summed E-state index contributed by atoms with van der Waals surface area (Å²) >= 11 is 0. The molecule has 0 saturated carbocycles. The van der Waals surface area contributed by atoms with Gasteiger partial charge in [0.05, 0.1) is 20.3 Å². The van der Waals surface area contributed by atoms with E-state index < -0.39 is 0 Å². The summed E-state index contributed by atoms with van der Waals surface area (Å²) in [4.78, 5) is 16.2. The molecule has 2 saturated heterocycles. The predicted molar refractivity (Wildman–Crippen MR) is 83.8 cm³/mol. The van der Waals surface area contributed by atoms with Crippen LogP contribution in [0, 0.1) is 5.41 Å². The Hall–Kier alpha value is -1.59. The van der Waals surface area contributed by atoms with Crippen molar-refractivity contribution in [3.8, 4) is 5.75 Å². The molecular weight excluding hydrogens is 280 g/mol. The van der Waals surface area contributed by atoms with Crippen molar-refractivity contribution in [1.82, 2.24) is 9.80 Å². The molecule has 3 rings (SSSR count). The monoisotopic (exact) mass is 304 g/mol. The molecular formula is C17H24N2O3. The lowest BCUT2D eigenvalue weighted by atomic mass is 9.87. The fourth-order valence-corrected chi connectivity index (χ4v) is 3.51. The number of likely N-dealkylation sites (tertiary alicyclic amines) is 1. The third kappa shape index (κ3) is 3.25. The molecule has 0 N–H and O–H groups in total. The van der Waals surface area contributed by atoms with Crippen molar-refractivity contribution in [2.45, 2.75) is 13.0 Å². The first-order valence-corrected chi connectivity index (χ1v) is 7.77. The molecule has 1 aromatic carbocycles.